The molecule has 2 aliphatic rings. The fourth-order valence-electron chi connectivity index (χ4n) is 3.92. The molecule has 0 saturated carbocycles. The molecule has 194 valence electrons. The van der Waals surface area contributed by atoms with Crippen LogP contribution in [0.25, 0.3) is 0 Å². The van der Waals surface area contributed by atoms with E-state index in [0.29, 0.717) is 24.2 Å². The molecule has 0 unspecified atom stereocenters. The van der Waals surface area contributed by atoms with E-state index < -0.39 is 36.1 Å². The quantitative estimate of drug-likeness (QED) is 0.357. The van der Waals surface area contributed by atoms with Crippen LogP contribution in [0.2, 0.25) is 0 Å². The van der Waals surface area contributed by atoms with Gasteiger partial charge in [-0.3, -0.25) is 4.79 Å². The van der Waals surface area contributed by atoms with Crippen LogP contribution in [0.1, 0.15) is 68.2 Å². The molecule has 1 N–H and O–H groups in total. The predicted molar refractivity (Wildman–Crippen MR) is 137 cm³/mol. The highest BCUT2D eigenvalue weighted by Crippen LogP contribution is 2.36. The second-order valence-corrected chi connectivity index (χ2v) is 12.3. The van der Waals surface area contributed by atoms with Crippen LogP contribution >= 0.6 is 11.8 Å². The number of ether oxygens (including phenoxy) is 1. The zero-order valence-electron chi connectivity index (χ0n) is 22.2. The molecule has 0 aromatic carbocycles. The number of thioether (sulfide) groups is 1. The van der Waals surface area contributed by atoms with Crippen molar-refractivity contribution in [2.45, 2.75) is 96.2 Å². The highest BCUT2D eigenvalue weighted by atomic mass is 32.2. The molecule has 35 heavy (non-hydrogen) atoms. The minimum absolute atomic E-state index is 0.0893. The van der Waals surface area contributed by atoms with Gasteiger partial charge in [-0.2, -0.15) is 0 Å². The number of piperidine rings is 1. The summed E-state index contributed by atoms with van der Waals surface area (Å²) in [5.41, 5.74) is -0.621. The van der Waals surface area contributed by atoms with Crippen LogP contribution in [0.5, 0.6) is 0 Å². The largest absolute Gasteiger partial charge is 0.498 e. The molecule has 3 heterocycles. The highest BCUT2D eigenvalue weighted by molar-refractivity contribution is 7.99. The molecule has 2 fully saturated rings. The van der Waals surface area contributed by atoms with Gasteiger partial charge in [0, 0.05) is 36.7 Å². The summed E-state index contributed by atoms with van der Waals surface area (Å²) in [6, 6.07) is -0.637. The van der Waals surface area contributed by atoms with E-state index in [-0.39, 0.29) is 5.91 Å². The third-order valence-electron chi connectivity index (χ3n) is 6.56. The van der Waals surface area contributed by atoms with Crippen molar-refractivity contribution in [1.82, 2.24) is 20.2 Å². The number of amides is 2. The van der Waals surface area contributed by atoms with Gasteiger partial charge in [0.2, 0.25) is 5.91 Å². The summed E-state index contributed by atoms with van der Waals surface area (Å²) < 4.78 is 17.4. The van der Waals surface area contributed by atoms with Gasteiger partial charge < -0.3 is 24.3 Å². The lowest BCUT2D eigenvalue weighted by molar-refractivity contribution is -0.134. The summed E-state index contributed by atoms with van der Waals surface area (Å²) in [4.78, 5) is 35.7. The van der Waals surface area contributed by atoms with Crippen LogP contribution in [-0.4, -0.2) is 75.7 Å². The molecule has 0 aliphatic carbocycles. The Morgan fingerprint density at radius 2 is 1.83 bits per heavy atom. The molecule has 1 aromatic heterocycles. The lowest BCUT2D eigenvalue weighted by Gasteiger charge is -2.34. The maximum atomic E-state index is 12.9. The van der Waals surface area contributed by atoms with Gasteiger partial charge in [0.1, 0.15) is 11.6 Å². The van der Waals surface area contributed by atoms with Crippen LogP contribution in [-0.2, 0) is 18.8 Å². The van der Waals surface area contributed by atoms with E-state index in [2.05, 4.69) is 15.3 Å². The van der Waals surface area contributed by atoms with Gasteiger partial charge in [0.15, 0.2) is 5.16 Å². The zero-order valence-corrected chi connectivity index (χ0v) is 23.0. The van der Waals surface area contributed by atoms with E-state index >= 15 is 0 Å². The highest BCUT2D eigenvalue weighted by Gasteiger charge is 2.52. The lowest BCUT2D eigenvalue weighted by Crippen LogP contribution is -2.51. The maximum Gasteiger partial charge on any atom is 0.498 e. The first-order chi connectivity index (χ1) is 16.2. The molecule has 9 nitrogen and oxygen atoms in total. The maximum absolute atomic E-state index is 12.9. The summed E-state index contributed by atoms with van der Waals surface area (Å²) in [7, 11) is -0.478. The molecule has 2 atom stereocenters. The van der Waals surface area contributed by atoms with E-state index in [9.17, 15) is 9.59 Å². The average Bonchev–Trinajstić information content (AvgIpc) is 2.97. The van der Waals surface area contributed by atoms with Gasteiger partial charge in [-0.1, -0.05) is 11.8 Å². The Hall–Kier alpha value is -1.85. The number of carbonyl (C=O) groups excluding carboxylic acids is 2. The van der Waals surface area contributed by atoms with E-state index in [0.717, 1.165) is 24.1 Å². The van der Waals surface area contributed by atoms with Crippen LogP contribution in [0.15, 0.2) is 17.6 Å². The monoisotopic (exact) mass is 506 g/mol. The van der Waals surface area contributed by atoms with E-state index in [1.165, 1.54) is 0 Å². The van der Waals surface area contributed by atoms with Crippen LogP contribution in [0, 0.1) is 5.92 Å². The van der Waals surface area contributed by atoms with Gasteiger partial charge in [-0.05, 0) is 74.1 Å². The van der Waals surface area contributed by atoms with Gasteiger partial charge in [0.05, 0.1) is 11.2 Å². The first-order valence-electron chi connectivity index (χ1n) is 12.3. The smallest absolute Gasteiger partial charge is 0.444 e. The SMILES string of the molecule is C[C@H](NC(=O)OC(C)(C)C)C(=O)N1CCC[C@H](CSc2ncc(B3OC(C)(C)C(C)(C)O3)cn2)C1. The van der Waals surface area contributed by atoms with Gasteiger partial charge in [-0.25, -0.2) is 14.8 Å². The fourth-order valence-corrected chi connectivity index (χ4v) is 4.83. The Morgan fingerprint density at radius 1 is 1.23 bits per heavy atom. The third kappa shape index (κ3) is 7.33. The average molecular weight is 506 g/mol. The molecule has 1 aromatic rings. The van der Waals surface area contributed by atoms with Gasteiger partial charge in [0.25, 0.3) is 0 Å². The van der Waals surface area contributed by atoms with Gasteiger partial charge >= 0.3 is 13.2 Å². The van der Waals surface area contributed by atoms with Crippen molar-refractivity contribution in [2.24, 2.45) is 5.92 Å². The zero-order chi connectivity index (χ0) is 26.0. The van der Waals surface area contributed by atoms with Crippen LogP contribution in [0.4, 0.5) is 4.79 Å². The molecular formula is C24H39BN4O5S. The van der Waals surface area contributed by atoms with E-state index in [4.69, 9.17) is 14.0 Å². The number of rotatable bonds is 6. The van der Waals surface area contributed by atoms with Crippen molar-refractivity contribution >= 4 is 36.3 Å². The standard InChI is InChI=1S/C24H39BN4O5S/c1-16(28-21(31)32-22(2,3)4)19(30)29-11-9-10-17(14-29)15-35-20-26-12-18(13-27-20)25-33-23(5,6)24(7,8)34-25/h12-13,16-17H,9-11,14-15H2,1-8H3,(H,28,31)/t16-,17-/m0/s1. The van der Waals surface area contributed by atoms with Crippen molar-refractivity contribution in [2.75, 3.05) is 18.8 Å². The first-order valence-corrected chi connectivity index (χ1v) is 13.2. The predicted octanol–water partition coefficient (Wildman–Crippen LogP) is 3.02. The van der Waals surface area contributed by atoms with Crippen LogP contribution < -0.4 is 10.8 Å². The van der Waals surface area contributed by atoms with Crippen molar-refractivity contribution in [3.63, 3.8) is 0 Å². The lowest BCUT2D eigenvalue weighted by atomic mass is 9.81. The molecule has 2 saturated heterocycles. The molecular weight excluding hydrogens is 467 g/mol. The molecule has 0 spiro atoms. The summed E-state index contributed by atoms with van der Waals surface area (Å²) in [5, 5.41) is 3.34. The second kappa shape index (κ2) is 10.6. The van der Waals surface area contributed by atoms with Crippen molar-refractivity contribution in [3.8, 4) is 0 Å². The topological polar surface area (TPSA) is 103 Å². The molecule has 2 aliphatic heterocycles. The number of likely N-dealkylation sites (tertiary alicyclic amines) is 1. The summed E-state index contributed by atoms with van der Waals surface area (Å²) in [6.07, 6.45) is 4.91. The van der Waals surface area contributed by atoms with Crippen molar-refractivity contribution in [1.29, 1.82) is 0 Å². The normalized spacial score (nSPS) is 22.6. The number of hydrogen-bond donors (Lipinski definition) is 1. The Bertz CT molecular complexity index is 890. The number of nitrogens with zero attached hydrogens (tertiary/aromatic N) is 3. The van der Waals surface area contributed by atoms with Gasteiger partial charge in [-0.15, -0.1) is 0 Å². The number of hydrogen-bond acceptors (Lipinski definition) is 8. The number of carbonyl (C=O) groups is 2. The summed E-state index contributed by atoms with van der Waals surface area (Å²) in [6.45, 7) is 16.5. The minimum atomic E-state index is -0.637. The first kappa shape index (κ1) is 27.7. The Kier molecular flexibility index (Phi) is 8.43. The van der Waals surface area contributed by atoms with Crippen molar-refractivity contribution in [3.05, 3.63) is 12.4 Å². The van der Waals surface area contributed by atoms with E-state index in [1.54, 1.807) is 51.9 Å². The second-order valence-electron chi connectivity index (χ2n) is 11.4. The number of aromatic nitrogens is 2. The number of nitrogens with one attached hydrogen (secondary N) is 1. The summed E-state index contributed by atoms with van der Waals surface area (Å²) in [5.74, 6) is 1.06. The third-order valence-corrected chi connectivity index (χ3v) is 7.66. The number of alkyl carbamates (subject to hydrolysis) is 1. The Morgan fingerprint density at radius 3 is 2.40 bits per heavy atom. The summed E-state index contributed by atoms with van der Waals surface area (Å²) >= 11 is 1.59. The molecule has 2 amide bonds. The Balaban J connectivity index is 1.48. The van der Waals surface area contributed by atoms with E-state index in [1.807, 2.05) is 32.6 Å². The van der Waals surface area contributed by atoms with Crippen molar-refractivity contribution < 1.29 is 23.6 Å². The molecule has 0 bridgehead atoms. The molecule has 3 rings (SSSR count). The molecule has 11 heteroatoms. The fraction of sp³-hybridized carbons (Fsp3) is 0.750. The van der Waals surface area contributed by atoms with Crippen LogP contribution in [0.3, 0.4) is 0 Å². The minimum Gasteiger partial charge on any atom is -0.444 e. The molecule has 0 radical (unpaired) electrons. The Labute approximate surface area is 213 Å².